The molecule has 6 heteroatoms. The number of hydrogen-bond acceptors (Lipinski definition) is 5. The molecule has 154 valence electrons. The van der Waals surface area contributed by atoms with Gasteiger partial charge in [-0.3, -0.25) is 9.69 Å². The van der Waals surface area contributed by atoms with Crippen LogP contribution in [0, 0.1) is 0 Å². The molecule has 1 amide bonds. The number of likely N-dealkylation sites (tertiary alicyclic amines) is 1. The van der Waals surface area contributed by atoms with E-state index in [1.807, 2.05) is 42.5 Å². The third-order valence-electron chi connectivity index (χ3n) is 5.80. The first-order chi connectivity index (χ1) is 14.2. The van der Waals surface area contributed by atoms with E-state index in [1.165, 1.54) is 0 Å². The Morgan fingerprint density at radius 1 is 1.14 bits per heavy atom. The summed E-state index contributed by atoms with van der Waals surface area (Å²) in [5.41, 5.74) is 2.16. The predicted molar refractivity (Wildman–Crippen MR) is 111 cm³/mol. The van der Waals surface area contributed by atoms with E-state index in [0.717, 1.165) is 54.2 Å². The van der Waals surface area contributed by atoms with Gasteiger partial charge in [0.05, 0.1) is 33.4 Å². The molecule has 0 spiro atoms. The number of nitrogens with one attached hydrogen (secondary N) is 1. The number of nitrogens with zero attached hydrogens (tertiary/aromatic N) is 1. The maximum absolute atomic E-state index is 12.9. The fraction of sp³-hybridized carbons (Fsp3) is 0.435. The first-order valence-electron chi connectivity index (χ1n) is 10.2. The van der Waals surface area contributed by atoms with Crippen LogP contribution in [0.4, 0.5) is 0 Å². The molecule has 1 saturated heterocycles. The van der Waals surface area contributed by atoms with Crippen LogP contribution in [0.5, 0.6) is 17.2 Å². The summed E-state index contributed by atoms with van der Waals surface area (Å²) in [6, 6.07) is 14.0. The van der Waals surface area contributed by atoms with E-state index in [1.54, 1.807) is 14.2 Å². The molecule has 0 bridgehead atoms. The van der Waals surface area contributed by atoms with Crippen LogP contribution in [-0.4, -0.2) is 44.7 Å². The highest BCUT2D eigenvalue weighted by Crippen LogP contribution is 2.38. The Morgan fingerprint density at radius 3 is 2.83 bits per heavy atom. The third kappa shape index (κ3) is 4.17. The molecule has 4 rings (SSSR count). The second kappa shape index (κ2) is 8.74. The highest BCUT2D eigenvalue weighted by Gasteiger charge is 2.31. The minimum Gasteiger partial charge on any atom is -0.497 e. The van der Waals surface area contributed by atoms with E-state index in [0.29, 0.717) is 13.2 Å². The quantitative estimate of drug-likeness (QED) is 0.810. The van der Waals surface area contributed by atoms with Crippen LogP contribution in [-0.2, 0) is 4.79 Å². The van der Waals surface area contributed by atoms with Crippen LogP contribution in [0.1, 0.15) is 42.5 Å². The number of para-hydroxylation sites is 1. The molecular formula is C23H28N2O4. The molecule has 1 N–H and O–H groups in total. The Labute approximate surface area is 171 Å². The first kappa shape index (κ1) is 19.6. The summed E-state index contributed by atoms with van der Waals surface area (Å²) in [7, 11) is 3.32. The van der Waals surface area contributed by atoms with E-state index in [2.05, 4.69) is 10.2 Å². The van der Waals surface area contributed by atoms with Gasteiger partial charge in [0, 0.05) is 29.7 Å². The molecule has 2 aromatic carbocycles. The fourth-order valence-corrected chi connectivity index (χ4v) is 4.38. The van der Waals surface area contributed by atoms with E-state index in [4.69, 9.17) is 14.2 Å². The average Bonchev–Trinajstić information content (AvgIpc) is 3.21. The lowest BCUT2D eigenvalue weighted by molar-refractivity contribution is -0.123. The normalized spacial score (nSPS) is 21.2. The van der Waals surface area contributed by atoms with Crippen molar-refractivity contribution in [3.05, 3.63) is 53.6 Å². The number of carbonyl (C=O) groups excluding carboxylic acids is 1. The molecule has 2 aliphatic heterocycles. The van der Waals surface area contributed by atoms with E-state index < -0.39 is 0 Å². The lowest BCUT2D eigenvalue weighted by atomic mass is 10.0. The van der Waals surface area contributed by atoms with Gasteiger partial charge in [0.25, 0.3) is 0 Å². The minimum atomic E-state index is 0.00373. The molecular weight excluding hydrogens is 368 g/mol. The summed E-state index contributed by atoms with van der Waals surface area (Å²) < 4.78 is 16.6. The van der Waals surface area contributed by atoms with Crippen LogP contribution >= 0.6 is 0 Å². The lowest BCUT2D eigenvalue weighted by Crippen LogP contribution is -2.40. The first-order valence-corrected chi connectivity index (χ1v) is 10.2. The summed E-state index contributed by atoms with van der Waals surface area (Å²) in [4.78, 5) is 15.1. The van der Waals surface area contributed by atoms with Crippen molar-refractivity contribution in [2.75, 3.05) is 33.9 Å². The Morgan fingerprint density at radius 2 is 2.00 bits per heavy atom. The SMILES string of the molecule is COc1ccc(C2CCCN2CC(=O)NC2CCOc3ccccc32)c(OC)c1. The molecule has 0 saturated carbocycles. The molecule has 0 aliphatic carbocycles. The largest absolute Gasteiger partial charge is 0.497 e. The number of methoxy groups -OCH3 is 2. The van der Waals surface area contributed by atoms with Crippen LogP contribution in [0.3, 0.4) is 0 Å². The van der Waals surface area contributed by atoms with Crippen LogP contribution in [0.2, 0.25) is 0 Å². The van der Waals surface area contributed by atoms with Crippen molar-refractivity contribution in [3.63, 3.8) is 0 Å². The van der Waals surface area contributed by atoms with Crippen LogP contribution in [0.25, 0.3) is 0 Å². The van der Waals surface area contributed by atoms with Crippen molar-refractivity contribution >= 4 is 5.91 Å². The number of ether oxygens (including phenoxy) is 3. The van der Waals surface area contributed by atoms with Crippen molar-refractivity contribution in [1.82, 2.24) is 10.2 Å². The summed E-state index contributed by atoms with van der Waals surface area (Å²) in [5.74, 6) is 2.49. The Kier molecular flexibility index (Phi) is 5.90. The van der Waals surface area contributed by atoms with Gasteiger partial charge in [-0.25, -0.2) is 0 Å². The van der Waals surface area contributed by atoms with E-state index >= 15 is 0 Å². The van der Waals surface area contributed by atoms with Crippen molar-refractivity contribution in [2.45, 2.75) is 31.3 Å². The van der Waals surface area contributed by atoms with Crippen LogP contribution in [0.15, 0.2) is 42.5 Å². The minimum absolute atomic E-state index is 0.00373. The highest BCUT2D eigenvalue weighted by molar-refractivity contribution is 5.78. The third-order valence-corrected chi connectivity index (χ3v) is 5.80. The summed E-state index contributed by atoms with van der Waals surface area (Å²) in [6.45, 7) is 1.90. The Hall–Kier alpha value is -2.73. The molecule has 29 heavy (non-hydrogen) atoms. The number of carbonyl (C=O) groups is 1. The molecule has 2 atom stereocenters. The zero-order valence-corrected chi connectivity index (χ0v) is 17.0. The number of hydrogen-bond donors (Lipinski definition) is 1. The van der Waals surface area contributed by atoms with Gasteiger partial charge in [-0.05, 0) is 31.5 Å². The molecule has 2 unspecified atom stereocenters. The Balaban J connectivity index is 1.45. The summed E-state index contributed by atoms with van der Waals surface area (Å²) in [5, 5.41) is 3.21. The van der Waals surface area contributed by atoms with E-state index in [-0.39, 0.29) is 18.0 Å². The Bertz CT molecular complexity index is 870. The van der Waals surface area contributed by atoms with Gasteiger partial charge in [0.2, 0.25) is 5.91 Å². The van der Waals surface area contributed by atoms with E-state index in [9.17, 15) is 4.79 Å². The van der Waals surface area contributed by atoms with Crippen molar-refractivity contribution in [1.29, 1.82) is 0 Å². The predicted octanol–water partition coefficient (Wildman–Crippen LogP) is 3.48. The number of benzene rings is 2. The van der Waals surface area contributed by atoms with Crippen LogP contribution < -0.4 is 19.5 Å². The zero-order valence-electron chi connectivity index (χ0n) is 17.0. The highest BCUT2D eigenvalue weighted by atomic mass is 16.5. The maximum Gasteiger partial charge on any atom is 0.234 e. The topological polar surface area (TPSA) is 60.0 Å². The smallest absolute Gasteiger partial charge is 0.234 e. The van der Waals surface area contributed by atoms with Gasteiger partial charge in [-0.15, -0.1) is 0 Å². The van der Waals surface area contributed by atoms with Crippen molar-refractivity contribution < 1.29 is 19.0 Å². The fourth-order valence-electron chi connectivity index (χ4n) is 4.38. The maximum atomic E-state index is 12.9. The molecule has 0 radical (unpaired) electrons. The number of fused-ring (bicyclic) bond motifs is 1. The molecule has 2 heterocycles. The van der Waals surface area contributed by atoms with Gasteiger partial charge < -0.3 is 19.5 Å². The van der Waals surface area contributed by atoms with Crippen molar-refractivity contribution in [3.8, 4) is 17.2 Å². The number of rotatable bonds is 6. The standard InChI is InChI=1S/C23H28N2O4/c1-27-16-9-10-18(22(14-16)28-2)20-7-5-12-25(20)15-23(26)24-19-11-13-29-21-8-4-3-6-17(19)21/h3-4,6,8-10,14,19-20H,5,7,11-13,15H2,1-2H3,(H,24,26). The average molecular weight is 396 g/mol. The molecule has 0 aromatic heterocycles. The second-order valence-electron chi connectivity index (χ2n) is 7.53. The van der Waals surface area contributed by atoms with Gasteiger partial charge in [-0.2, -0.15) is 0 Å². The lowest BCUT2D eigenvalue weighted by Gasteiger charge is -2.29. The molecule has 2 aliphatic rings. The van der Waals surface area contributed by atoms with Gasteiger partial charge in [0.1, 0.15) is 17.2 Å². The zero-order chi connectivity index (χ0) is 20.2. The van der Waals surface area contributed by atoms with Gasteiger partial charge in [0.15, 0.2) is 0 Å². The number of amides is 1. The molecule has 6 nitrogen and oxygen atoms in total. The van der Waals surface area contributed by atoms with Crippen molar-refractivity contribution in [2.24, 2.45) is 0 Å². The second-order valence-corrected chi connectivity index (χ2v) is 7.53. The molecule has 1 fully saturated rings. The summed E-state index contributed by atoms with van der Waals surface area (Å²) >= 11 is 0. The molecule has 2 aromatic rings. The van der Waals surface area contributed by atoms with Gasteiger partial charge in [-0.1, -0.05) is 24.3 Å². The monoisotopic (exact) mass is 396 g/mol. The summed E-state index contributed by atoms with van der Waals surface area (Å²) in [6.07, 6.45) is 2.86. The van der Waals surface area contributed by atoms with Gasteiger partial charge >= 0.3 is 0 Å².